The molecule has 3 heterocycles. The number of nitrogens with one attached hydrogen (secondary N) is 1. The number of ether oxygens (including phenoxy) is 2. The molecule has 5 rings (SSSR count). The second-order valence-electron chi connectivity index (χ2n) is 7.71. The second-order valence-corrected chi connectivity index (χ2v) is 7.71. The minimum Gasteiger partial charge on any atom is -0.454 e. The Bertz CT molecular complexity index is 1260. The summed E-state index contributed by atoms with van der Waals surface area (Å²) in [7, 11) is 0. The monoisotopic (exact) mass is 430 g/mol. The molecule has 1 amide bonds. The summed E-state index contributed by atoms with van der Waals surface area (Å²) in [5.74, 6) is 2.00. The van der Waals surface area contributed by atoms with E-state index in [-0.39, 0.29) is 25.3 Å². The molecular formula is C24H22N4O4. The van der Waals surface area contributed by atoms with E-state index >= 15 is 0 Å². The van der Waals surface area contributed by atoms with Crippen molar-refractivity contribution < 1.29 is 18.8 Å². The van der Waals surface area contributed by atoms with Crippen molar-refractivity contribution in [2.24, 2.45) is 0 Å². The third-order valence-electron chi connectivity index (χ3n) is 5.37. The van der Waals surface area contributed by atoms with E-state index in [0.29, 0.717) is 28.9 Å². The standard InChI is InChI=1S/C24H22N4O4/c1-15-5-7-17(8-6-15)16(2)25-22(29)13-28-11-3-4-19(28)24-26-23(27-32-24)18-9-10-20-21(12-18)31-14-30-20/h3-12,16H,13-14H2,1-2H3,(H,25,29). The van der Waals surface area contributed by atoms with Crippen LogP contribution in [0, 0.1) is 6.92 Å². The summed E-state index contributed by atoms with van der Waals surface area (Å²) in [5.41, 5.74) is 3.67. The molecule has 8 nitrogen and oxygen atoms in total. The van der Waals surface area contributed by atoms with Gasteiger partial charge in [0.1, 0.15) is 12.2 Å². The van der Waals surface area contributed by atoms with Crippen LogP contribution in [0.25, 0.3) is 23.0 Å². The Morgan fingerprint density at radius 1 is 1.12 bits per heavy atom. The number of fused-ring (bicyclic) bond motifs is 1. The molecule has 0 saturated heterocycles. The lowest BCUT2D eigenvalue weighted by Gasteiger charge is -2.15. The van der Waals surface area contributed by atoms with Crippen molar-refractivity contribution in [1.82, 2.24) is 20.0 Å². The van der Waals surface area contributed by atoms with Crippen LogP contribution in [-0.2, 0) is 11.3 Å². The maximum atomic E-state index is 12.7. The number of carbonyl (C=O) groups is 1. The van der Waals surface area contributed by atoms with Gasteiger partial charge in [-0.2, -0.15) is 4.98 Å². The Morgan fingerprint density at radius 3 is 2.78 bits per heavy atom. The quantitative estimate of drug-likeness (QED) is 0.495. The molecule has 0 radical (unpaired) electrons. The van der Waals surface area contributed by atoms with E-state index in [2.05, 4.69) is 15.5 Å². The maximum Gasteiger partial charge on any atom is 0.274 e. The molecule has 1 atom stereocenters. The minimum absolute atomic E-state index is 0.0943. The van der Waals surface area contributed by atoms with E-state index in [4.69, 9.17) is 14.0 Å². The largest absolute Gasteiger partial charge is 0.454 e. The molecule has 8 heteroatoms. The van der Waals surface area contributed by atoms with Gasteiger partial charge in [0.05, 0.1) is 6.04 Å². The Morgan fingerprint density at radius 2 is 1.94 bits per heavy atom. The smallest absolute Gasteiger partial charge is 0.274 e. The number of hydrogen-bond acceptors (Lipinski definition) is 6. The summed E-state index contributed by atoms with van der Waals surface area (Å²) in [6.07, 6.45) is 1.82. The maximum absolute atomic E-state index is 12.7. The SMILES string of the molecule is Cc1ccc(C(C)NC(=O)Cn2cccc2-c2nc(-c3ccc4c(c3)OCO4)no2)cc1. The lowest BCUT2D eigenvalue weighted by Crippen LogP contribution is -2.30. The number of amides is 1. The predicted molar refractivity (Wildman–Crippen MR) is 117 cm³/mol. The van der Waals surface area contributed by atoms with Crippen LogP contribution in [0.4, 0.5) is 0 Å². The van der Waals surface area contributed by atoms with Gasteiger partial charge in [-0.3, -0.25) is 4.79 Å². The summed E-state index contributed by atoms with van der Waals surface area (Å²) < 4.78 is 18.0. The van der Waals surface area contributed by atoms with Gasteiger partial charge in [-0.25, -0.2) is 0 Å². The Balaban J connectivity index is 1.30. The normalized spacial score (nSPS) is 13.2. The van der Waals surface area contributed by atoms with Crippen molar-refractivity contribution in [3.63, 3.8) is 0 Å². The van der Waals surface area contributed by atoms with Crippen LogP contribution in [-0.4, -0.2) is 27.4 Å². The van der Waals surface area contributed by atoms with E-state index < -0.39 is 0 Å². The van der Waals surface area contributed by atoms with Crippen molar-refractivity contribution in [3.8, 4) is 34.5 Å². The zero-order valence-electron chi connectivity index (χ0n) is 17.7. The number of carbonyl (C=O) groups excluding carboxylic acids is 1. The van der Waals surface area contributed by atoms with Gasteiger partial charge in [-0.15, -0.1) is 0 Å². The van der Waals surface area contributed by atoms with Crippen molar-refractivity contribution >= 4 is 5.91 Å². The Hall–Kier alpha value is -4.07. The number of rotatable bonds is 6. The van der Waals surface area contributed by atoms with E-state index in [9.17, 15) is 4.79 Å². The summed E-state index contributed by atoms with van der Waals surface area (Å²) >= 11 is 0. The van der Waals surface area contributed by atoms with Crippen molar-refractivity contribution in [3.05, 3.63) is 71.9 Å². The van der Waals surface area contributed by atoms with Crippen LogP contribution in [0.3, 0.4) is 0 Å². The number of nitrogens with zero attached hydrogens (tertiary/aromatic N) is 3. The van der Waals surface area contributed by atoms with Gasteiger partial charge in [-0.1, -0.05) is 35.0 Å². The molecule has 1 unspecified atom stereocenters. The zero-order valence-corrected chi connectivity index (χ0v) is 17.7. The summed E-state index contributed by atoms with van der Waals surface area (Å²) in [4.78, 5) is 17.2. The van der Waals surface area contributed by atoms with Crippen LogP contribution >= 0.6 is 0 Å². The molecule has 0 bridgehead atoms. The topological polar surface area (TPSA) is 91.4 Å². The molecule has 2 aromatic heterocycles. The summed E-state index contributed by atoms with van der Waals surface area (Å²) in [6, 6.07) is 17.2. The summed E-state index contributed by atoms with van der Waals surface area (Å²) in [6.45, 7) is 4.35. The Labute approximate surface area is 184 Å². The third kappa shape index (κ3) is 3.94. The molecule has 162 valence electrons. The molecule has 1 aliphatic heterocycles. The number of aromatic nitrogens is 3. The van der Waals surface area contributed by atoms with E-state index in [1.165, 1.54) is 5.56 Å². The first kappa shape index (κ1) is 19.9. The van der Waals surface area contributed by atoms with Crippen molar-refractivity contribution in [1.29, 1.82) is 0 Å². The molecule has 0 aliphatic carbocycles. The molecule has 4 aromatic rings. The molecule has 2 aromatic carbocycles. The fraction of sp³-hybridized carbons (Fsp3) is 0.208. The fourth-order valence-corrected chi connectivity index (χ4v) is 3.61. The summed E-state index contributed by atoms with van der Waals surface area (Å²) in [5, 5.41) is 7.12. The number of aryl methyl sites for hydroxylation is 1. The average molecular weight is 430 g/mol. The number of benzene rings is 2. The highest BCUT2D eigenvalue weighted by molar-refractivity contribution is 5.77. The first-order valence-electron chi connectivity index (χ1n) is 10.3. The highest BCUT2D eigenvalue weighted by atomic mass is 16.7. The van der Waals surface area contributed by atoms with Crippen LogP contribution in [0.2, 0.25) is 0 Å². The van der Waals surface area contributed by atoms with Gasteiger partial charge >= 0.3 is 0 Å². The highest BCUT2D eigenvalue weighted by Crippen LogP contribution is 2.35. The van der Waals surface area contributed by atoms with Crippen molar-refractivity contribution in [2.75, 3.05) is 6.79 Å². The second kappa shape index (κ2) is 8.22. The first-order chi connectivity index (χ1) is 15.6. The van der Waals surface area contributed by atoms with Crippen molar-refractivity contribution in [2.45, 2.75) is 26.4 Å². The highest BCUT2D eigenvalue weighted by Gasteiger charge is 2.19. The van der Waals surface area contributed by atoms with Gasteiger partial charge in [0.15, 0.2) is 11.5 Å². The Kier molecular flexibility index (Phi) is 5.10. The lowest BCUT2D eigenvalue weighted by molar-refractivity contribution is -0.122. The molecule has 0 spiro atoms. The fourth-order valence-electron chi connectivity index (χ4n) is 3.61. The lowest BCUT2D eigenvalue weighted by atomic mass is 10.1. The molecular weight excluding hydrogens is 408 g/mol. The molecule has 32 heavy (non-hydrogen) atoms. The predicted octanol–water partition coefficient (Wildman–Crippen LogP) is 4.12. The average Bonchev–Trinajstić information content (AvgIpc) is 3.53. The van der Waals surface area contributed by atoms with Crippen LogP contribution in [0.1, 0.15) is 24.1 Å². The first-order valence-corrected chi connectivity index (χ1v) is 10.3. The van der Waals surface area contributed by atoms with Crippen LogP contribution in [0.15, 0.2) is 65.3 Å². The van der Waals surface area contributed by atoms with Crippen LogP contribution in [0.5, 0.6) is 11.5 Å². The molecule has 0 fully saturated rings. The van der Waals surface area contributed by atoms with Gasteiger partial charge < -0.3 is 23.9 Å². The van der Waals surface area contributed by atoms with Gasteiger partial charge in [0.2, 0.25) is 18.5 Å². The zero-order chi connectivity index (χ0) is 22.1. The van der Waals surface area contributed by atoms with Gasteiger partial charge in [-0.05, 0) is 49.7 Å². The number of hydrogen-bond donors (Lipinski definition) is 1. The molecule has 1 N–H and O–H groups in total. The van der Waals surface area contributed by atoms with E-state index in [1.54, 1.807) is 4.57 Å². The van der Waals surface area contributed by atoms with Gasteiger partial charge in [0.25, 0.3) is 5.89 Å². The van der Waals surface area contributed by atoms with Crippen LogP contribution < -0.4 is 14.8 Å². The van der Waals surface area contributed by atoms with E-state index in [1.807, 2.05) is 74.6 Å². The molecule has 1 aliphatic rings. The molecule has 0 saturated carbocycles. The third-order valence-corrected chi connectivity index (χ3v) is 5.37. The minimum atomic E-state index is -0.106. The van der Waals surface area contributed by atoms with Gasteiger partial charge in [0, 0.05) is 11.8 Å². The van der Waals surface area contributed by atoms with E-state index in [0.717, 1.165) is 11.1 Å².